The van der Waals surface area contributed by atoms with Crippen LogP contribution in [0.5, 0.6) is 0 Å². The highest BCUT2D eigenvalue weighted by atomic mass is 32.2. The highest BCUT2D eigenvalue weighted by Gasteiger charge is 2.33. The van der Waals surface area contributed by atoms with Gasteiger partial charge in [-0.05, 0) is 32.6 Å². The van der Waals surface area contributed by atoms with Crippen LogP contribution in [0, 0.1) is 5.92 Å². The second-order valence-corrected chi connectivity index (χ2v) is 8.53. The number of sulfonamides is 1. The summed E-state index contributed by atoms with van der Waals surface area (Å²) in [6, 6.07) is 0. The molecule has 0 atom stereocenters. The molecular formula is C14H26N2O3S. The molecule has 116 valence electrons. The summed E-state index contributed by atoms with van der Waals surface area (Å²) >= 11 is 0. The molecule has 1 heterocycles. The molecule has 0 aromatic heterocycles. The summed E-state index contributed by atoms with van der Waals surface area (Å²) in [5.74, 6) is 0.0781. The third-order valence-corrected chi connectivity index (χ3v) is 5.98. The van der Waals surface area contributed by atoms with Gasteiger partial charge in [0.05, 0.1) is 6.26 Å². The van der Waals surface area contributed by atoms with Crippen LogP contribution in [-0.4, -0.2) is 43.5 Å². The van der Waals surface area contributed by atoms with Gasteiger partial charge in [-0.1, -0.05) is 19.3 Å². The molecule has 0 aromatic carbocycles. The fraction of sp³-hybridized carbons (Fsp3) is 0.929. The van der Waals surface area contributed by atoms with Gasteiger partial charge >= 0.3 is 0 Å². The highest BCUT2D eigenvalue weighted by molar-refractivity contribution is 7.88. The van der Waals surface area contributed by atoms with Crippen molar-refractivity contribution < 1.29 is 13.2 Å². The third kappa shape index (κ3) is 3.95. The molecule has 20 heavy (non-hydrogen) atoms. The predicted octanol–water partition coefficient (Wildman–Crippen LogP) is 1.50. The smallest absolute Gasteiger partial charge is 0.223 e. The number of nitrogens with one attached hydrogen (secondary N) is 1. The lowest BCUT2D eigenvalue weighted by Gasteiger charge is -2.37. The van der Waals surface area contributed by atoms with E-state index in [1.807, 2.05) is 0 Å². The van der Waals surface area contributed by atoms with Crippen molar-refractivity contribution >= 4 is 15.9 Å². The Hall–Kier alpha value is -0.620. The van der Waals surface area contributed by atoms with Crippen molar-refractivity contribution in [1.29, 1.82) is 0 Å². The number of rotatable bonds is 3. The summed E-state index contributed by atoms with van der Waals surface area (Å²) < 4.78 is 24.4. The quantitative estimate of drug-likeness (QED) is 0.859. The number of carbonyl (C=O) groups excluding carboxylic acids is 1. The number of amides is 1. The normalized spacial score (nSPS) is 25.3. The zero-order valence-electron chi connectivity index (χ0n) is 12.5. The lowest BCUT2D eigenvalue weighted by atomic mass is 9.82. The van der Waals surface area contributed by atoms with E-state index in [0.717, 1.165) is 12.8 Å². The maximum Gasteiger partial charge on any atom is 0.223 e. The number of hydrogen-bond donors (Lipinski definition) is 1. The first-order valence-corrected chi connectivity index (χ1v) is 9.42. The number of carbonyl (C=O) groups is 1. The maximum absolute atomic E-state index is 12.3. The van der Waals surface area contributed by atoms with Gasteiger partial charge in [0.15, 0.2) is 0 Å². The Bertz CT molecular complexity index is 447. The van der Waals surface area contributed by atoms with Crippen molar-refractivity contribution in [3.05, 3.63) is 0 Å². The first-order valence-electron chi connectivity index (χ1n) is 7.57. The van der Waals surface area contributed by atoms with Crippen molar-refractivity contribution in [2.45, 2.75) is 57.4 Å². The summed E-state index contributed by atoms with van der Waals surface area (Å²) in [7, 11) is -3.11. The Morgan fingerprint density at radius 2 is 1.70 bits per heavy atom. The summed E-state index contributed by atoms with van der Waals surface area (Å²) in [4.78, 5) is 12.3. The second kappa shape index (κ2) is 6.02. The Labute approximate surface area is 122 Å². The van der Waals surface area contributed by atoms with Crippen molar-refractivity contribution in [1.82, 2.24) is 9.62 Å². The number of nitrogens with zero attached hydrogens (tertiary/aromatic N) is 1. The van der Waals surface area contributed by atoms with Crippen LogP contribution in [-0.2, 0) is 14.8 Å². The molecule has 1 saturated carbocycles. The first kappa shape index (κ1) is 15.8. The second-order valence-electron chi connectivity index (χ2n) is 6.55. The van der Waals surface area contributed by atoms with Gasteiger partial charge in [0, 0.05) is 24.5 Å². The highest BCUT2D eigenvalue weighted by Crippen LogP contribution is 2.29. The molecule has 2 rings (SSSR count). The van der Waals surface area contributed by atoms with Crippen LogP contribution in [0.4, 0.5) is 0 Å². The van der Waals surface area contributed by atoms with Crippen LogP contribution in [0.2, 0.25) is 0 Å². The van der Waals surface area contributed by atoms with Gasteiger partial charge in [-0.2, -0.15) is 0 Å². The van der Waals surface area contributed by atoms with Gasteiger partial charge in [0.2, 0.25) is 15.9 Å². The van der Waals surface area contributed by atoms with Crippen molar-refractivity contribution in [2.75, 3.05) is 19.3 Å². The van der Waals surface area contributed by atoms with Crippen molar-refractivity contribution in [3.8, 4) is 0 Å². The SMILES string of the molecule is CC1(NC(=O)C2CCN(S(C)(=O)=O)CC2)CCCCC1. The molecule has 1 N–H and O–H groups in total. The van der Waals surface area contributed by atoms with Crippen LogP contribution in [0.3, 0.4) is 0 Å². The Morgan fingerprint density at radius 1 is 1.15 bits per heavy atom. The molecule has 0 aromatic rings. The van der Waals surface area contributed by atoms with E-state index in [-0.39, 0.29) is 17.4 Å². The molecule has 1 aliphatic carbocycles. The summed E-state index contributed by atoms with van der Waals surface area (Å²) in [5, 5.41) is 3.21. The van der Waals surface area contributed by atoms with Crippen LogP contribution in [0.25, 0.3) is 0 Å². The first-order chi connectivity index (χ1) is 9.30. The van der Waals surface area contributed by atoms with Crippen LogP contribution in [0.1, 0.15) is 51.9 Å². The van der Waals surface area contributed by atoms with Crippen molar-refractivity contribution in [2.24, 2.45) is 5.92 Å². The van der Waals surface area contributed by atoms with Gasteiger partial charge in [-0.25, -0.2) is 12.7 Å². The summed E-state index contributed by atoms with van der Waals surface area (Å²) in [6.45, 7) is 3.07. The molecule has 6 heteroatoms. The molecule has 0 spiro atoms. The molecular weight excluding hydrogens is 276 g/mol. The minimum atomic E-state index is -3.11. The third-order valence-electron chi connectivity index (χ3n) is 4.68. The van der Waals surface area contributed by atoms with E-state index in [9.17, 15) is 13.2 Å². The molecule has 1 saturated heterocycles. The fourth-order valence-electron chi connectivity index (χ4n) is 3.31. The minimum absolute atomic E-state index is 0.0354. The summed E-state index contributed by atoms with van der Waals surface area (Å²) in [5.41, 5.74) is -0.0523. The molecule has 0 bridgehead atoms. The Kier molecular flexibility index (Phi) is 4.74. The lowest BCUT2D eigenvalue weighted by Crippen LogP contribution is -2.51. The lowest BCUT2D eigenvalue weighted by molar-refractivity contribution is -0.128. The molecule has 2 fully saturated rings. The predicted molar refractivity (Wildman–Crippen MR) is 78.8 cm³/mol. The van der Waals surface area contributed by atoms with E-state index in [4.69, 9.17) is 0 Å². The Balaban J connectivity index is 1.86. The van der Waals surface area contributed by atoms with Crippen LogP contribution < -0.4 is 5.32 Å². The van der Waals surface area contributed by atoms with E-state index in [1.165, 1.54) is 29.8 Å². The van der Waals surface area contributed by atoms with Gasteiger partial charge in [-0.3, -0.25) is 4.79 Å². The maximum atomic E-state index is 12.3. The van der Waals surface area contributed by atoms with Crippen molar-refractivity contribution in [3.63, 3.8) is 0 Å². The van der Waals surface area contributed by atoms with Gasteiger partial charge < -0.3 is 5.32 Å². The average Bonchev–Trinajstić information content (AvgIpc) is 2.38. The van der Waals surface area contributed by atoms with Crippen LogP contribution in [0.15, 0.2) is 0 Å². The average molecular weight is 302 g/mol. The molecule has 1 amide bonds. The number of piperidine rings is 1. The Morgan fingerprint density at radius 3 is 2.20 bits per heavy atom. The van der Waals surface area contributed by atoms with Gasteiger partial charge in [0.25, 0.3) is 0 Å². The number of hydrogen-bond acceptors (Lipinski definition) is 3. The molecule has 0 radical (unpaired) electrons. The minimum Gasteiger partial charge on any atom is -0.351 e. The zero-order valence-corrected chi connectivity index (χ0v) is 13.3. The molecule has 2 aliphatic rings. The van der Waals surface area contributed by atoms with Crippen LogP contribution >= 0.6 is 0 Å². The van der Waals surface area contributed by atoms with E-state index >= 15 is 0 Å². The van der Waals surface area contributed by atoms with E-state index in [1.54, 1.807) is 0 Å². The van der Waals surface area contributed by atoms with E-state index in [2.05, 4.69) is 12.2 Å². The molecule has 0 unspecified atom stereocenters. The molecule has 5 nitrogen and oxygen atoms in total. The van der Waals surface area contributed by atoms with E-state index in [0.29, 0.717) is 25.9 Å². The fourth-order valence-corrected chi connectivity index (χ4v) is 4.18. The van der Waals surface area contributed by atoms with E-state index < -0.39 is 10.0 Å². The molecule has 1 aliphatic heterocycles. The van der Waals surface area contributed by atoms with Gasteiger partial charge in [-0.15, -0.1) is 0 Å². The summed E-state index contributed by atoms with van der Waals surface area (Å²) in [6.07, 6.45) is 8.24. The topological polar surface area (TPSA) is 66.5 Å². The monoisotopic (exact) mass is 302 g/mol. The van der Waals surface area contributed by atoms with Gasteiger partial charge in [0.1, 0.15) is 0 Å². The standard InChI is InChI=1S/C14H26N2O3S/c1-14(8-4-3-5-9-14)15-13(17)12-6-10-16(11-7-12)20(2,18)19/h12H,3-11H2,1-2H3,(H,15,17). The zero-order chi connectivity index (χ0) is 14.8. The largest absolute Gasteiger partial charge is 0.351 e.